The van der Waals surface area contributed by atoms with Crippen LogP contribution in [-0.2, 0) is 6.18 Å². The molecule has 12 aromatic rings. The fourth-order valence-corrected chi connectivity index (χ4v) is 12.2. The largest absolute Gasteiger partial charge is 0.417 e. The molecule has 10 aromatic carbocycles. The second-order valence-electron chi connectivity index (χ2n) is 21.5. The highest BCUT2D eigenvalue weighted by Crippen LogP contribution is 2.47. The molecule has 0 amide bonds. The molecule has 0 spiro atoms. The number of rotatable bonds is 7. The fraction of sp³-hybridized carbons (Fsp3) is 0.127. The van der Waals surface area contributed by atoms with E-state index in [0.717, 1.165) is 139 Å². The van der Waals surface area contributed by atoms with Crippen LogP contribution in [-0.4, -0.2) is 9.13 Å². The first kappa shape index (κ1) is 49.4. The van der Waals surface area contributed by atoms with Gasteiger partial charge in [-0.25, -0.2) is 0 Å². The molecule has 378 valence electrons. The Morgan fingerprint density at radius 1 is 0.321 bits per heavy atom. The van der Waals surface area contributed by atoms with Crippen LogP contribution in [0.25, 0.3) is 111 Å². The van der Waals surface area contributed by atoms with Gasteiger partial charge in [0.25, 0.3) is 0 Å². The lowest BCUT2D eigenvalue weighted by molar-refractivity contribution is -0.137. The van der Waals surface area contributed by atoms with Crippen LogP contribution in [0, 0.1) is 78.1 Å². The molecule has 0 fully saturated rings. The Morgan fingerprint density at radius 2 is 0.654 bits per heavy atom. The van der Waals surface area contributed by atoms with E-state index in [2.05, 4.69) is 195 Å². The van der Waals surface area contributed by atoms with Crippen molar-refractivity contribution in [2.24, 2.45) is 0 Å². The van der Waals surface area contributed by atoms with Gasteiger partial charge in [-0.15, -0.1) is 0 Å². The van der Waals surface area contributed by atoms with Gasteiger partial charge in [-0.1, -0.05) is 148 Å². The summed E-state index contributed by atoms with van der Waals surface area (Å²) in [5, 5.41) is 25.2. The SMILES string of the molecule is Cc1cc(C)cc(-c2ccc3c(c2)c2cc(-c4cc(C)cc(C)c4)ccc2n3-c2cc(-c3ccc(C#N)cc3C(F)(F)F)c(-n3c4ccc(-c5cc(C)cc(C)c5)cc4c4cc(-c5cc(C)cc(C)c5)ccc43)cc2C#N)c1. The second kappa shape index (κ2) is 18.7. The molecule has 0 bridgehead atoms. The van der Waals surface area contributed by atoms with Crippen LogP contribution in [0.2, 0.25) is 0 Å². The number of hydrogen-bond donors (Lipinski definition) is 0. The number of benzene rings is 10. The summed E-state index contributed by atoms with van der Waals surface area (Å²) in [5.41, 5.74) is 20.6. The van der Waals surface area contributed by atoms with Crippen molar-refractivity contribution in [3.05, 3.63) is 237 Å². The smallest absolute Gasteiger partial charge is 0.309 e. The first-order valence-electron chi connectivity index (χ1n) is 26.1. The minimum atomic E-state index is -4.85. The maximum atomic E-state index is 15.8. The number of aromatic nitrogens is 2. The third-order valence-electron chi connectivity index (χ3n) is 15.2. The van der Waals surface area contributed by atoms with Gasteiger partial charge < -0.3 is 9.13 Å². The topological polar surface area (TPSA) is 57.4 Å². The Balaban J connectivity index is 1.19. The highest BCUT2D eigenvalue weighted by Gasteiger charge is 2.36. The van der Waals surface area contributed by atoms with E-state index >= 15 is 13.2 Å². The summed E-state index contributed by atoms with van der Waals surface area (Å²) < 4.78 is 51.4. The summed E-state index contributed by atoms with van der Waals surface area (Å²) in [7, 11) is 0. The zero-order valence-corrected chi connectivity index (χ0v) is 44.7. The number of aryl methyl sites for hydroxylation is 8. The van der Waals surface area contributed by atoms with Crippen LogP contribution in [0.15, 0.2) is 176 Å². The number of nitriles is 2. The standard InChI is InChI=1S/C71H53F3N4/c1-40-19-41(2)24-53(23-40)49-10-15-65-59(32-49)60-33-50(54-25-42(3)20-43(4)26-54)11-16-66(60)77(65)69-37-63(58-14-9-48(38-75)31-64(58)71(72,73)74)70(36-57(69)39-76)78-67-17-12-51(55-27-44(5)21-45(6)28-55)34-61(67)62-35-52(13-18-68(62)78)56-29-46(7)22-47(8)30-56/h9-37H,1-8H3. The van der Waals surface area contributed by atoms with Gasteiger partial charge in [-0.05, 0) is 178 Å². The molecule has 7 heteroatoms. The van der Waals surface area contributed by atoms with Crippen molar-refractivity contribution < 1.29 is 13.2 Å². The van der Waals surface area contributed by atoms with Crippen LogP contribution >= 0.6 is 0 Å². The van der Waals surface area contributed by atoms with Gasteiger partial charge in [0.2, 0.25) is 0 Å². The van der Waals surface area contributed by atoms with E-state index in [1.807, 2.05) is 27.3 Å². The molecule has 0 N–H and O–H groups in total. The summed E-state index contributed by atoms with van der Waals surface area (Å²) in [6.07, 6.45) is -4.85. The highest BCUT2D eigenvalue weighted by atomic mass is 19.4. The van der Waals surface area contributed by atoms with E-state index in [1.165, 1.54) is 12.1 Å². The third-order valence-corrected chi connectivity index (χ3v) is 15.2. The van der Waals surface area contributed by atoms with Gasteiger partial charge in [-0.3, -0.25) is 0 Å². The van der Waals surface area contributed by atoms with E-state index in [9.17, 15) is 10.5 Å². The van der Waals surface area contributed by atoms with Gasteiger partial charge in [0.05, 0.1) is 56.2 Å². The maximum Gasteiger partial charge on any atom is 0.417 e. The Morgan fingerprint density at radius 3 is 0.962 bits per heavy atom. The minimum absolute atomic E-state index is 0.113. The monoisotopic (exact) mass is 1020 g/mol. The fourth-order valence-electron chi connectivity index (χ4n) is 12.2. The number of fused-ring (bicyclic) bond motifs is 6. The molecule has 2 aromatic heterocycles. The van der Waals surface area contributed by atoms with Gasteiger partial charge in [-0.2, -0.15) is 23.7 Å². The summed E-state index contributed by atoms with van der Waals surface area (Å²) >= 11 is 0. The molecule has 0 aliphatic carbocycles. The van der Waals surface area contributed by atoms with Gasteiger partial charge >= 0.3 is 6.18 Å². The van der Waals surface area contributed by atoms with Crippen molar-refractivity contribution in [1.82, 2.24) is 9.13 Å². The lowest BCUT2D eigenvalue weighted by Gasteiger charge is -2.21. The van der Waals surface area contributed by atoms with Crippen molar-refractivity contribution in [1.29, 1.82) is 10.5 Å². The van der Waals surface area contributed by atoms with Crippen molar-refractivity contribution in [2.75, 3.05) is 0 Å². The number of alkyl halides is 3. The quantitative estimate of drug-likeness (QED) is 0.160. The molecule has 12 rings (SSSR count). The molecule has 0 saturated heterocycles. The van der Waals surface area contributed by atoms with Gasteiger partial charge in [0.1, 0.15) is 6.07 Å². The van der Waals surface area contributed by atoms with E-state index in [1.54, 1.807) is 12.1 Å². The molecule has 0 atom stereocenters. The highest BCUT2D eigenvalue weighted by molar-refractivity contribution is 6.14. The van der Waals surface area contributed by atoms with Crippen molar-refractivity contribution in [3.63, 3.8) is 0 Å². The predicted molar refractivity (Wildman–Crippen MR) is 315 cm³/mol. The van der Waals surface area contributed by atoms with Crippen LogP contribution in [0.1, 0.15) is 61.2 Å². The van der Waals surface area contributed by atoms with Crippen LogP contribution in [0.4, 0.5) is 13.2 Å². The van der Waals surface area contributed by atoms with E-state index < -0.39 is 11.7 Å². The third kappa shape index (κ3) is 8.68. The van der Waals surface area contributed by atoms with Crippen LogP contribution < -0.4 is 0 Å². The van der Waals surface area contributed by atoms with Crippen LogP contribution in [0.5, 0.6) is 0 Å². The van der Waals surface area contributed by atoms with Gasteiger partial charge in [0.15, 0.2) is 0 Å². The normalized spacial score (nSPS) is 11.8. The molecule has 78 heavy (non-hydrogen) atoms. The lowest BCUT2D eigenvalue weighted by Crippen LogP contribution is -2.10. The van der Waals surface area contributed by atoms with E-state index in [0.29, 0.717) is 11.4 Å². The zero-order valence-electron chi connectivity index (χ0n) is 44.7. The van der Waals surface area contributed by atoms with E-state index in [-0.39, 0.29) is 22.3 Å². The molecule has 0 radical (unpaired) electrons. The van der Waals surface area contributed by atoms with Crippen molar-refractivity contribution >= 4 is 43.6 Å². The maximum absolute atomic E-state index is 15.8. The molecule has 0 unspecified atom stereocenters. The van der Waals surface area contributed by atoms with Gasteiger partial charge in [0, 0.05) is 27.1 Å². The Labute approximate surface area is 452 Å². The first-order valence-corrected chi connectivity index (χ1v) is 26.1. The minimum Gasteiger partial charge on any atom is -0.309 e. The van der Waals surface area contributed by atoms with Crippen molar-refractivity contribution in [2.45, 2.75) is 61.6 Å². The molecule has 0 saturated carbocycles. The summed E-state index contributed by atoms with van der Waals surface area (Å²) in [4.78, 5) is 0. The second-order valence-corrected chi connectivity index (χ2v) is 21.5. The summed E-state index contributed by atoms with van der Waals surface area (Å²) in [6, 6.07) is 62.9. The molecular formula is C71H53F3N4. The molecule has 0 aliphatic rings. The van der Waals surface area contributed by atoms with Crippen molar-refractivity contribution in [3.8, 4) is 79.1 Å². The number of hydrogen-bond acceptors (Lipinski definition) is 2. The Hall–Kier alpha value is -9.43. The summed E-state index contributed by atoms with van der Waals surface area (Å²) in [5.74, 6) is 0. The van der Waals surface area contributed by atoms with Crippen LogP contribution in [0.3, 0.4) is 0 Å². The number of halogens is 3. The molecule has 2 heterocycles. The first-order chi connectivity index (χ1) is 37.4. The Kier molecular flexibility index (Phi) is 11.8. The predicted octanol–water partition coefficient (Wildman–Crippen LogP) is 19.4. The van der Waals surface area contributed by atoms with E-state index in [4.69, 9.17) is 0 Å². The lowest BCUT2D eigenvalue weighted by atomic mass is 9.93. The summed E-state index contributed by atoms with van der Waals surface area (Å²) in [6.45, 7) is 16.7. The Bertz CT molecular complexity index is 4310. The molecule has 0 aliphatic heterocycles. The molecule has 4 nitrogen and oxygen atoms in total. The average Bonchev–Trinajstić information content (AvgIpc) is 4.08. The zero-order chi connectivity index (χ0) is 54.5. The number of nitrogens with zero attached hydrogens (tertiary/aromatic N) is 4. The average molecular weight is 1020 g/mol. The molecular weight excluding hydrogens is 966 g/mol.